The molecule has 1 fully saturated rings. The van der Waals surface area contributed by atoms with Crippen molar-refractivity contribution in [1.29, 1.82) is 0 Å². The zero-order valence-corrected chi connectivity index (χ0v) is 19.5. The summed E-state index contributed by atoms with van der Waals surface area (Å²) in [4.78, 5) is 35.2. The Hall–Kier alpha value is -1.93. The molecule has 0 amide bonds. The monoisotopic (exact) mass is 442 g/mol. The quantitative estimate of drug-likeness (QED) is 0.184. The van der Waals surface area contributed by atoms with Crippen molar-refractivity contribution in [3.63, 3.8) is 0 Å². The van der Waals surface area contributed by atoms with Crippen molar-refractivity contribution in [2.45, 2.75) is 116 Å². The molecule has 0 aromatic carbocycles. The number of carbonyl (C=O) groups is 3. The Balaban J connectivity index is 3.11. The number of ether oxygens (including phenoxy) is 5. The average molecular weight is 443 g/mol. The van der Waals surface area contributed by atoms with E-state index in [0.717, 1.165) is 44.9 Å². The third-order valence-electron chi connectivity index (χ3n) is 5.02. The molecule has 1 rings (SSSR count). The highest BCUT2D eigenvalue weighted by atomic mass is 16.7. The second-order valence-electron chi connectivity index (χ2n) is 7.91. The van der Waals surface area contributed by atoms with Gasteiger partial charge in [-0.25, -0.2) is 0 Å². The summed E-state index contributed by atoms with van der Waals surface area (Å²) < 4.78 is 28.5. The van der Waals surface area contributed by atoms with E-state index in [1.807, 2.05) is 6.08 Å². The molecular formula is C23H38O8. The van der Waals surface area contributed by atoms with Crippen LogP contribution in [0.15, 0.2) is 12.7 Å². The van der Waals surface area contributed by atoms with Crippen molar-refractivity contribution in [1.82, 2.24) is 0 Å². The molecule has 1 aliphatic rings. The topological polar surface area (TPSA) is 97.4 Å². The zero-order chi connectivity index (χ0) is 23.4. The van der Waals surface area contributed by atoms with Crippen LogP contribution in [0.5, 0.6) is 0 Å². The lowest BCUT2D eigenvalue weighted by molar-refractivity contribution is -0.311. The molecule has 6 atom stereocenters. The summed E-state index contributed by atoms with van der Waals surface area (Å²) in [6.07, 6.45) is 3.71. The standard InChI is InChI=1S/C23H38O8/c1-7-9-11-13-19(14-12-10-8-2)31-23-22(30-18(6)26)21(29-17(5)25)20(15(3)27-23)28-16(4)24/h7,15,19-23H,1,8-14H2,2-6H3/t15-,19-,20+,21+,22-,23+/m1/s1. The molecule has 178 valence electrons. The largest absolute Gasteiger partial charge is 0.456 e. The minimum Gasteiger partial charge on any atom is -0.456 e. The number of hydrogen-bond acceptors (Lipinski definition) is 8. The molecule has 0 bridgehead atoms. The molecule has 31 heavy (non-hydrogen) atoms. The molecule has 8 heteroatoms. The predicted octanol–water partition coefficient (Wildman–Crippen LogP) is 3.85. The molecule has 1 saturated heterocycles. The van der Waals surface area contributed by atoms with Crippen molar-refractivity contribution in [3.05, 3.63) is 12.7 Å². The van der Waals surface area contributed by atoms with E-state index < -0.39 is 48.6 Å². The highest BCUT2D eigenvalue weighted by Gasteiger charge is 2.51. The van der Waals surface area contributed by atoms with Gasteiger partial charge in [0, 0.05) is 20.8 Å². The van der Waals surface area contributed by atoms with E-state index >= 15 is 0 Å². The van der Waals surface area contributed by atoms with Crippen LogP contribution in [0.4, 0.5) is 0 Å². The van der Waals surface area contributed by atoms with E-state index in [1.165, 1.54) is 20.8 Å². The lowest BCUT2D eigenvalue weighted by atomic mass is 9.98. The number of unbranched alkanes of at least 4 members (excludes halogenated alkanes) is 3. The van der Waals surface area contributed by atoms with Crippen LogP contribution in [0.25, 0.3) is 0 Å². The first-order chi connectivity index (χ1) is 14.7. The molecule has 0 aromatic rings. The molecule has 0 spiro atoms. The fourth-order valence-electron chi connectivity index (χ4n) is 3.66. The van der Waals surface area contributed by atoms with Crippen LogP contribution in [-0.4, -0.2) is 54.7 Å². The van der Waals surface area contributed by atoms with Gasteiger partial charge >= 0.3 is 17.9 Å². The van der Waals surface area contributed by atoms with Gasteiger partial charge in [-0.3, -0.25) is 14.4 Å². The van der Waals surface area contributed by atoms with E-state index in [2.05, 4.69) is 13.5 Å². The molecule has 0 radical (unpaired) electrons. The lowest BCUT2D eigenvalue weighted by Gasteiger charge is -2.44. The van der Waals surface area contributed by atoms with Gasteiger partial charge in [-0.1, -0.05) is 32.3 Å². The fraction of sp³-hybridized carbons (Fsp3) is 0.783. The normalized spacial score (nSPS) is 26.5. The Morgan fingerprint density at radius 1 is 0.903 bits per heavy atom. The van der Waals surface area contributed by atoms with Gasteiger partial charge in [0.05, 0.1) is 12.2 Å². The van der Waals surface area contributed by atoms with Crippen LogP contribution in [0.3, 0.4) is 0 Å². The number of hydrogen-bond donors (Lipinski definition) is 0. The van der Waals surface area contributed by atoms with E-state index in [9.17, 15) is 14.4 Å². The minimum absolute atomic E-state index is 0.120. The lowest BCUT2D eigenvalue weighted by Crippen LogP contribution is -2.61. The van der Waals surface area contributed by atoms with Crippen LogP contribution in [0.2, 0.25) is 0 Å². The van der Waals surface area contributed by atoms with Gasteiger partial charge in [-0.15, -0.1) is 6.58 Å². The van der Waals surface area contributed by atoms with E-state index in [0.29, 0.717) is 0 Å². The number of allylic oxidation sites excluding steroid dienone is 1. The van der Waals surface area contributed by atoms with Gasteiger partial charge in [-0.2, -0.15) is 0 Å². The Labute approximate surface area is 185 Å². The Morgan fingerprint density at radius 2 is 1.45 bits per heavy atom. The molecule has 0 aliphatic carbocycles. The molecular weight excluding hydrogens is 404 g/mol. The Kier molecular flexibility index (Phi) is 12.4. The highest BCUT2D eigenvalue weighted by Crippen LogP contribution is 2.31. The summed E-state index contributed by atoms with van der Waals surface area (Å²) in [6.45, 7) is 11.3. The number of esters is 3. The maximum Gasteiger partial charge on any atom is 0.303 e. The van der Waals surface area contributed by atoms with Crippen molar-refractivity contribution in [2.24, 2.45) is 0 Å². The van der Waals surface area contributed by atoms with E-state index in [-0.39, 0.29) is 6.10 Å². The second kappa shape index (κ2) is 14.2. The van der Waals surface area contributed by atoms with Crippen LogP contribution < -0.4 is 0 Å². The van der Waals surface area contributed by atoms with Crippen molar-refractivity contribution in [3.8, 4) is 0 Å². The summed E-state index contributed by atoms with van der Waals surface area (Å²) in [5, 5.41) is 0. The third kappa shape index (κ3) is 9.82. The van der Waals surface area contributed by atoms with Crippen molar-refractivity contribution in [2.75, 3.05) is 0 Å². The first-order valence-corrected chi connectivity index (χ1v) is 11.1. The molecule has 0 unspecified atom stereocenters. The highest BCUT2D eigenvalue weighted by molar-refractivity contribution is 5.68. The predicted molar refractivity (Wildman–Crippen MR) is 114 cm³/mol. The summed E-state index contributed by atoms with van der Waals surface area (Å²) in [7, 11) is 0. The second-order valence-corrected chi connectivity index (χ2v) is 7.91. The Morgan fingerprint density at radius 3 is 2.00 bits per heavy atom. The smallest absolute Gasteiger partial charge is 0.303 e. The SMILES string of the molecule is C=CCCC[C@H](CCCCC)O[C@@H]1O[C@H](C)[C@H](OC(C)=O)[C@H](OC(C)=O)[C@H]1OC(C)=O. The number of carbonyl (C=O) groups excluding carboxylic acids is 3. The first kappa shape index (κ1) is 27.1. The Bertz CT molecular complexity index is 590. The van der Waals surface area contributed by atoms with Crippen LogP contribution in [-0.2, 0) is 38.1 Å². The first-order valence-electron chi connectivity index (χ1n) is 11.1. The molecule has 0 aromatic heterocycles. The van der Waals surface area contributed by atoms with E-state index in [4.69, 9.17) is 23.7 Å². The third-order valence-corrected chi connectivity index (χ3v) is 5.02. The van der Waals surface area contributed by atoms with Gasteiger partial charge in [0.1, 0.15) is 0 Å². The van der Waals surface area contributed by atoms with Gasteiger partial charge in [0.25, 0.3) is 0 Å². The average Bonchev–Trinajstić information content (AvgIpc) is 2.67. The van der Waals surface area contributed by atoms with Gasteiger partial charge in [0.15, 0.2) is 24.6 Å². The van der Waals surface area contributed by atoms with Crippen LogP contribution in [0.1, 0.15) is 79.6 Å². The van der Waals surface area contributed by atoms with Crippen molar-refractivity contribution >= 4 is 17.9 Å². The zero-order valence-electron chi connectivity index (χ0n) is 19.5. The van der Waals surface area contributed by atoms with Gasteiger partial charge in [-0.05, 0) is 32.6 Å². The molecule has 8 nitrogen and oxygen atoms in total. The maximum absolute atomic E-state index is 11.8. The summed E-state index contributed by atoms with van der Waals surface area (Å²) in [6, 6.07) is 0. The van der Waals surface area contributed by atoms with Gasteiger partial charge in [0.2, 0.25) is 0 Å². The van der Waals surface area contributed by atoms with Crippen LogP contribution in [0, 0.1) is 0 Å². The number of rotatable bonds is 13. The maximum atomic E-state index is 11.8. The molecule has 0 saturated carbocycles. The van der Waals surface area contributed by atoms with Gasteiger partial charge < -0.3 is 23.7 Å². The van der Waals surface area contributed by atoms with E-state index in [1.54, 1.807) is 6.92 Å². The molecule has 1 heterocycles. The summed E-state index contributed by atoms with van der Waals surface area (Å²) in [5.74, 6) is -1.72. The van der Waals surface area contributed by atoms with Crippen LogP contribution >= 0.6 is 0 Å². The summed E-state index contributed by atoms with van der Waals surface area (Å²) in [5.41, 5.74) is 0. The minimum atomic E-state index is -1.06. The molecule has 0 N–H and O–H groups in total. The fourth-order valence-corrected chi connectivity index (χ4v) is 3.66. The summed E-state index contributed by atoms with van der Waals surface area (Å²) >= 11 is 0. The van der Waals surface area contributed by atoms with Crippen molar-refractivity contribution < 1.29 is 38.1 Å². The molecule has 1 aliphatic heterocycles.